The molecule has 0 bridgehead atoms. The summed E-state index contributed by atoms with van der Waals surface area (Å²) >= 11 is 0. The Kier molecular flexibility index (Phi) is 7.92. The summed E-state index contributed by atoms with van der Waals surface area (Å²) in [4.78, 5) is 0. The lowest BCUT2D eigenvalue weighted by atomic mass is 9.86. The summed E-state index contributed by atoms with van der Waals surface area (Å²) < 4.78 is 11.4. The Hall–Kier alpha value is -5.12. The quantitative estimate of drug-likeness (QED) is 0.167. The SMILES string of the molecule is CC(C)(C)CC(Cc1cccc(-n2c3ccccc3c3cc(-c4cccc(-n5c6ccccc6c6ccccc65)c4)ccc32)c1)OC(C)(C)C. The van der Waals surface area contributed by atoms with Crippen LogP contribution in [0.4, 0.5) is 0 Å². The molecule has 3 heteroatoms. The van der Waals surface area contributed by atoms with Gasteiger partial charge in [0.25, 0.3) is 0 Å². The van der Waals surface area contributed by atoms with Gasteiger partial charge in [0.2, 0.25) is 0 Å². The molecule has 8 rings (SSSR count). The van der Waals surface area contributed by atoms with Crippen molar-refractivity contribution in [3.63, 3.8) is 0 Å². The number of ether oxygens (including phenoxy) is 1. The summed E-state index contributed by atoms with van der Waals surface area (Å²) in [5.74, 6) is 0. The summed E-state index contributed by atoms with van der Waals surface area (Å²) in [5.41, 5.74) is 10.9. The van der Waals surface area contributed by atoms with Crippen molar-refractivity contribution in [2.75, 3.05) is 0 Å². The van der Waals surface area contributed by atoms with Gasteiger partial charge >= 0.3 is 0 Å². The lowest BCUT2D eigenvalue weighted by Crippen LogP contribution is -2.32. The second-order valence-electron chi connectivity index (χ2n) is 16.0. The van der Waals surface area contributed by atoms with E-state index < -0.39 is 0 Å². The summed E-state index contributed by atoms with van der Waals surface area (Å²) in [6.07, 6.45) is 2.03. The van der Waals surface area contributed by atoms with E-state index in [1.807, 2.05) is 0 Å². The van der Waals surface area contributed by atoms with Crippen molar-refractivity contribution in [1.82, 2.24) is 9.13 Å². The van der Waals surface area contributed by atoms with E-state index in [0.717, 1.165) is 12.8 Å². The van der Waals surface area contributed by atoms with Crippen molar-refractivity contribution in [1.29, 1.82) is 0 Å². The Balaban J connectivity index is 1.21. The molecule has 1 unspecified atom stereocenters. The number of fused-ring (bicyclic) bond motifs is 6. The Labute approximate surface area is 295 Å². The topological polar surface area (TPSA) is 19.1 Å². The van der Waals surface area contributed by atoms with E-state index in [2.05, 4.69) is 190 Å². The molecule has 2 aromatic heterocycles. The van der Waals surface area contributed by atoms with Crippen molar-refractivity contribution in [3.8, 4) is 22.5 Å². The molecule has 0 aliphatic rings. The Bertz CT molecular complexity index is 2430. The molecule has 50 heavy (non-hydrogen) atoms. The molecule has 0 aliphatic carbocycles. The number of hydrogen-bond donors (Lipinski definition) is 0. The van der Waals surface area contributed by atoms with Gasteiger partial charge in [0, 0.05) is 32.9 Å². The number of hydrogen-bond acceptors (Lipinski definition) is 1. The fourth-order valence-corrected chi connectivity index (χ4v) is 7.88. The highest BCUT2D eigenvalue weighted by Crippen LogP contribution is 2.37. The van der Waals surface area contributed by atoms with Gasteiger partial charge in [-0.2, -0.15) is 0 Å². The van der Waals surface area contributed by atoms with Crippen LogP contribution in [-0.4, -0.2) is 20.8 Å². The number of aromatic nitrogens is 2. The highest BCUT2D eigenvalue weighted by molar-refractivity contribution is 6.11. The van der Waals surface area contributed by atoms with Crippen LogP contribution >= 0.6 is 0 Å². The zero-order chi connectivity index (χ0) is 34.6. The van der Waals surface area contributed by atoms with Crippen molar-refractivity contribution in [3.05, 3.63) is 145 Å². The molecule has 0 saturated heterocycles. The molecule has 8 aromatic rings. The zero-order valence-electron chi connectivity index (χ0n) is 30.1. The largest absolute Gasteiger partial charge is 0.372 e. The van der Waals surface area contributed by atoms with Crippen LogP contribution in [0.5, 0.6) is 0 Å². The Morgan fingerprint density at radius 2 is 0.980 bits per heavy atom. The number of nitrogens with zero attached hydrogens (tertiary/aromatic N) is 2. The van der Waals surface area contributed by atoms with Gasteiger partial charge < -0.3 is 13.9 Å². The Morgan fingerprint density at radius 3 is 1.56 bits per heavy atom. The van der Waals surface area contributed by atoms with E-state index in [1.54, 1.807) is 0 Å². The van der Waals surface area contributed by atoms with E-state index in [4.69, 9.17) is 4.74 Å². The first-order chi connectivity index (χ1) is 24.0. The van der Waals surface area contributed by atoms with Gasteiger partial charge in [-0.1, -0.05) is 106 Å². The van der Waals surface area contributed by atoms with Crippen LogP contribution < -0.4 is 0 Å². The van der Waals surface area contributed by atoms with Gasteiger partial charge in [0.1, 0.15) is 0 Å². The van der Waals surface area contributed by atoms with Crippen LogP contribution in [0, 0.1) is 5.41 Å². The third-order valence-electron chi connectivity index (χ3n) is 9.68. The molecule has 0 fully saturated rings. The maximum absolute atomic E-state index is 6.61. The third kappa shape index (κ3) is 6.12. The van der Waals surface area contributed by atoms with E-state index in [0.29, 0.717) is 0 Å². The molecule has 2 heterocycles. The summed E-state index contributed by atoms with van der Waals surface area (Å²) in [7, 11) is 0. The first-order valence-electron chi connectivity index (χ1n) is 17.9. The fraction of sp³-hybridized carbons (Fsp3) is 0.234. The van der Waals surface area contributed by atoms with E-state index in [1.165, 1.54) is 71.7 Å². The molecular formula is C47H46N2O. The lowest BCUT2D eigenvalue weighted by molar-refractivity contribution is -0.0733. The van der Waals surface area contributed by atoms with Crippen LogP contribution in [0.3, 0.4) is 0 Å². The Morgan fingerprint density at radius 1 is 0.480 bits per heavy atom. The standard InChI is InChI=1S/C47H46N2O/c1-46(2,3)31-37(50-47(4,5)6)28-32-15-13-17-35(27-32)48-44-24-12-9-21-40(44)41-30-34(25-26-45(41)48)33-16-14-18-36(29-33)49-42-22-10-7-19-38(42)39-20-8-11-23-43(39)49/h7-27,29-30,37H,28,31H2,1-6H3. The van der Waals surface area contributed by atoms with Gasteiger partial charge in [0.15, 0.2) is 0 Å². The molecule has 0 spiro atoms. The predicted molar refractivity (Wildman–Crippen MR) is 213 cm³/mol. The van der Waals surface area contributed by atoms with Crippen molar-refractivity contribution in [2.45, 2.75) is 66.1 Å². The predicted octanol–water partition coefficient (Wildman–Crippen LogP) is 12.7. The molecule has 250 valence electrons. The van der Waals surface area contributed by atoms with Crippen LogP contribution in [0.15, 0.2) is 140 Å². The second-order valence-corrected chi connectivity index (χ2v) is 16.0. The summed E-state index contributed by atoms with van der Waals surface area (Å²) in [6, 6.07) is 51.2. The summed E-state index contributed by atoms with van der Waals surface area (Å²) in [5, 5.41) is 5.07. The van der Waals surface area contributed by atoms with Crippen LogP contribution in [-0.2, 0) is 11.2 Å². The first kappa shape index (κ1) is 32.1. The highest BCUT2D eigenvalue weighted by Gasteiger charge is 2.25. The van der Waals surface area contributed by atoms with Gasteiger partial charge in [-0.3, -0.25) is 0 Å². The second kappa shape index (κ2) is 12.3. The van der Waals surface area contributed by atoms with Gasteiger partial charge in [0.05, 0.1) is 33.8 Å². The molecule has 3 nitrogen and oxygen atoms in total. The molecular weight excluding hydrogens is 609 g/mol. The molecule has 0 saturated carbocycles. The average Bonchev–Trinajstić information content (AvgIpc) is 3.60. The van der Waals surface area contributed by atoms with Crippen molar-refractivity contribution < 1.29 is 4.74 Å². The van der Waals surface area contributed by atoms with E-state index in [9.17, 15) is 0 Å². The van der Waals surface area contributed by atoms with E-state index >= 15 is 0 Å². The van der Waals surface area contributed by atoms with Crippen LogP contribution in [0.25, 0.3) is 66.1 Å². The molecule has 0 N–H and O–H groups in total. The van der Waals surface area contributed by atoms with Gasteiger partial charge in [-0.15, -0.1) is 0 Å². The first-order valence-corrected chi connectivity index (χ1v) is 17.9. The van der Waals surface area contributed by atoms with Gasteiger partial charge in [-0.05, 0) is 110 Å². The van der Waals surface area contributed by atoms with Crippen LogP contribution in [0.2, 0.25) is 0 Å². The third-order valence-corrected chi connectivity index (χ3v) is 9.68. The maximum atomic E-state index is 6.61. The highest BCUT2D eigenvalue weighted by atomic mass is 16.5. The minimum absolute atomic E-state index is 0.143. The van der Waals surface area contributed by atoms with Crippen molar-refractivity contribution in [2.24, 2.45) is 5.41 Å². The number of rotatable bonds is 7. The molecule has 0 amide bonds. The molecule has 0 radical (unpaired) electrons. The maximum Gasteiger partial charge on any atom is 0.0627 e. The molecule has 0 aliphatic heterocycles. The fourth-order valence-electron chi connectivity index (χ4n) is 7.88. The molecule has 1 atom stereocenters. The molecule has 6 aromatic carbocycles. The average molecular weight is 655 g/mol. The monoisotopic (exact) mass is 654 g/mol. The van der Waals surface area contributed by atoms with Crippen LogP contribution in [0.1, 0.15) is 53.5 Å². The van der Waals surface area contributed by atoms with Gasteiger partial charge in [-0.25, -0.2) is 0 Å². The summed E-state index contributed by atoms with van der Waals surface area (Å²) in [6.45, 7) is 13.4. The van der Waals surface area contributed by atoms with Crippen molar-refractivity contribution >= 4 is 43.6 Å². The number of benzene rings is 6. The minimum atomic E-state index is -0.193. The normalized spacial score (nSPS) is 13.2. The van der Waals surface area contributed by atoms with E-state index in [-0.39, 0.29) is 17.1 Å². The lowest BCUT2D eigenvalue weighted by Gasteiger charge is -2.32. The smallest absolute Gasteiger partial charge is 0.0627 e. The minimum Gasteiger partial charge on any atom is -0.372 e. The number of para-hydroxylation sites is 3. The zero-order valence-corrected chi connectivity index (χ0v) is 30.1.